The van der Waals surface area contributed by atoms with E-state index < -0.39 is 10.0 Å². The van der Waals surface area contributed by atoms with Crippen LogP contribution in [0.5, 0.6) is 0 Å². The molecule has 1 fully saturated rings. The van der Waals surface area contributed by atoms with E-state index in [2.05, 4.69) is 42.3 Å². The average molecular weight is 404 g/mol. The maximum atomic E-state index is 13.1. The SMILES string of the molecule is Cc1ccc(C)c(N2CCN(S(=O)(=O)c3ccc4c(c3)NCCS4)CC2)c1. The lowest BCUT2D eigenvalue weighted by molar-refractivity contribution is 0.384. The van der Waals surface area contributed by atoms with E-state index in [4.69, 9.17) is 0 Å². The molecule has 0 bridgehead atoms. The number of fused-ring (bicyclic) bond motifs is 1. The van der Waals surface area contributed by atoms with Crippen LogP contribution in [0.15, 0.2) is 46.2 Å². The first kappa shape index (κ1) is 18.7. The van der Waals surface area contributed by atoms with Crippen molar-refractivity contribution < 1.29 is 8.42 Å². The molecule has 0 amide bonds. The molecule has 1 N–H and O–H groups in total. The van der Waals surface area contributed by atoms with Gasteiger partial charge >= 0.3 is 0 Å². The maximum absolute atomic E-state index is 13.1. The van der Waals surface area contributed by atoms with Crippen molar-refractivity contribution in [1.82, 2.24) is 4.31 Å². The summed E-state index contributed by atoms with van der Waals surface area (Å²) in [6.45, 7) is 7.51. The summed E-state index contributed by atoms with van der Waals surface area (Å²) >= 11 is 1.77. The first-order valence-corrected chi connectivity index (χ1v) is 11.7. The van der Waals surface area contributed by atoms with Gasteiger partial charge in [0.05, 0.1) is 4.90 Å². The molecule has 2 aliphatic heterocycles. The van der Waals surface area contributed by atoms with E-state index in [1.165, 1.54) is 16.8 Å². The largest absolute Gasteiger partial charge is 0.383 e. The lowest BCUT2D eigenvalue weighted by atomic mass is 10.1. The summed E-state index contributed by atoms with van der Waals surface area (Å²) in [6, 6.07) is 11.9. The van der Waals surface area contributed by atoms with E-state index in [-0.39, 0.29) is 0 Å². The van der Waals surface area contributed by atoms with Crippen LogP contribution in [0.4, 0.5) is 11.4 Å². The van der Waals surface area contributed by atoms with Crippen LogP contribution < -0.4 is 10.2 Å². The van der Waals surface area contributed by atoms with E-state index in [9.17, 15) is 8.42 Å². The molecule has 144 valence electrons. The van der Waals surface area contributed by atoms with E-state index >= 15 is 0 Å². The fourth-order valence-corrected chi connectivity index (χ4v) is 5.98. The predicted molar refractivity (Wildman–Crippen MR) is 113 cm³/mol. The number of hydrogen-bond acceptors (Lipinski definition) is 5. The third-order valence-corrected chi connectivity index (χ3v) is 8.18. The van der Waals surface area contributed by atoms with Crippen LogP contribution in [0.3, 0.4) is 0 Å². The zero-order valence-electron chi connectivity index (χ0n) is 15.7. The summed E-state index contributed by atoms with van der Waals surface area (Å²) in [6.07, 6.45) is 0. The molecule has 5 nitrogen and oxygen atoms in total. The van der Waals surface area contributed by atoms with Crippen molar-refractivity contribution in [3.63, 3.8) is 0 Å². The highest BCUT2D eigenvalue weighted by Gasteiger charge is 2.29. The van der Waals surface area contributed by atoms with Crippen LogP contribution in [0.25, 0.3) is 0 Å². The standard InChI is InChI=1S/C20H25N3O2S2/c1-15-3-4-16(2)19(13-15)22-8-10-23(11-9-22)27(24,25)17-5-6-20-18(14-17)21-7-12-26-20/h3-6,13-14,21H,7-12H2,1-2H3. The fourth-order valence-electron chi connectivity index (χ4n) is 3.66. The topological polar surface area (TPSA) is 52.7 Å². The van der Waals surface area contributed by atoms with Crippen LogP contribution in [0.2, 0.25) is 0 Å². The molecule has 2 heterocycles. The Bertz CT molecular complexity index is 952. The van der Waals surface area contributed by atoms with Gasteiger partial charge in [0.1, 0.15) is 0 Å². The molecule has 0 radical (unpaired) electrons. The molecule has 1 saturated heterocycles. The number of anilines is 2. The second kappa shape index (κ2) is 7.37. The molecule has 2 aromatic rings. The average Bonchev–Trinajstić information content (AvgIpc) is 2.69. The number of sulfonamides is 1. The molecule has 27 heavy (non-hydrogen) atoms. The van der Waals surface area contributed by atoms with Gasteiger partial charge in [0.2, 0.25) is 10.0 Å². The van der Waals surface area contributed by atoms with E-state index in [0.717, 1.165) is 22.9 Å². The summed E-state index contributed by atoms with van der Waals surface area (Å²) in [5.74, 6) is 1.01. The van der Waals surface area contributed by atoms with Crippen molar-refractivity contribution in [3.05, 3.63) is 47.5 Å². The van der Waals surface area contributed by atoms with Gasteiger partial charge in [-0.05, 0) is 49.2 Å². The Morgan fingerprint density at radius 1 is 1.00 bits per heavy atom. The van der Waals surface area contributed by atoms with Crippen molar-refractivity contribution in [3.8, 4) is 0 Å². The van der Waals surface area contributed by atoms with Crippen molar-refractivity contribution in [1.29, 1.82) is 0 Å². The number of rotatable bonds is 3. The van der Waals surface area contributed by atoms with Gasteiger partial charge < -0.3 is 10.2 Å². The highest BCUT2D eigenvalue weighted by Crippen LogP contribution is 2.33. The second-order valence-corrected chi connectivity index (χ2v) is 10.2. The summed E-state index contributed by atoms with van der Waals surface area (Å²) < 4.78 is 27.8. The Morgan fingerprint density at radius 2 is 1.78 bits per heavy atom. The number of nitrogens with zero attached hydrogens (tertiary/aromatic N) is 2. The number of piperazine rings is 1. The molecular formula is C20H25N3O2S2. The van der Waals surface area contributed by atoms with Crippen LogP contribution in [0, 0.1) is 13.8 Å². The lowest BCUT2D eigenvalue weighted by Crippen LogP contribution is -2.48. The molecule has 0 saturated carbocycles. The minimum Gasteiger partial charge on any atom is -0.383 e. The van der Waals surface area contributed by atoms with Crippen LogP contribution >= 0.6 is 11.8 Å². The Labute approximate surface area is 165 Å². The van der Waals surface area contributed by atoms with Crippen molar-refractivity contribution in [2.24, 2.45) is 0 Å². The molecule has 2 aromatic carbocycles. The van der Waals surface area contributed by atoms with E-state index in [1.54, 1.807) is 28.2 Å². The summed E-state index contributed by atoms with van der Waals surface area (Å²) in [5.41, 5.74) is 4.60. The summed E-state index contributed by atoms with van der Waals surface area (Å²) in [4.78, 5) is 3.80. The van der Waals surface area contributed by atoms with Crippen molar-refractivity contribution >= 4 is 33.2 Å². The van der Waals surface area contributed by atoms with Crippen LogP contribution in [-0.4, -0.2) is 51.2 Å². The molecule has 2 aliphatic rings. The quantitative estimate of drug-likeness (QED) is 0.852. The molecule has 0 unspecified atom stereocenters. The lowest BCUT2D eigenvalue weighted by Gasteiger charge is -2.36. The number of thioether (sulfide) groups is 1. The second-order valence-electron chi connectivity index (χ2n) is 7.11. The van der Waals surface area contributed by atoms with E-state index in [1.807, 2.05) is 6.07 Å². The number of aryl methyl sites for hydroxylation is 2. The van der Waals surface area contributed by atoms with Crippen molar-refractivity contribution in [2.45, 2.75) is 23.6 Å². The van der Waals surface area contributed by atoms with Gasteiger partial charge in [0.25, 0.3) is 0 Å². The first-order valence-electron chi connectivity index (χ1n) is 9.28. The third kappa shape index (κ3) is 3.68. The maximum Gasteiger partial charge on any atom is 0.243 e. The van der Waals surface area contributed by atoms with Gasteiger partial charge in [-0.25, -0.2) is 8.42 Å². The highest BCUT2D eigenvalue weighted by molar-refractivity contribution is 7.99. The van der Waals surface area contributed by atoms with Gasteiger partial charge in [0.15, 0.2) is 0 Å². The van der Waals surface area contributed by atoms with Gasteiger partial charge in [-0.15, -0.1) is 11.8 Å². The Kier molecular flexibility index (Phi) is 5.09. The summed E-state index contributed by atoms with van der Waals surface area (Å²) in [7, 11) is -3.46. The Hall–Kier alpha value is -1.70. The molecular weight excluding hydrogens is 378 g/mol. The highest BCUT2D eigenvalue weighted by atomic mass is 32.2. The minimum atomic E-state index is -3.46. The number of hydrogen-bond donors (Lipinski definition) is 1. The molecule has 4 rings (SSSR count). The minimum absolute atomic E-state index is 0.386. The van der Waals surface area contributed by atoms with Crippen molar-refractivity contribution in [2.75, 3.05) is 48.7 Å². The molecule has 0 spiro atoms. The molecule has 0 atom stereocenters. The van der Waals surface area contributed by atoms with Gasteiger partial charge in [-0.2, -0.15) is 4.31 Å². The Balaban J connectivity index is 1.51. The van der Waals surface area contributed by atoms with Crippen LogP contribution in [-0.2, 0) is 10.0 Å². The summed E-state index contributed by atoms with van der Waals surface area (Å²) in [5, 5.41) is 3.31. The molecule has 0 aliphatic carbocycles. The van der Waals surface area contributed by atoms with Gasteiger partial charge in [0, 0.05) is 54.7 Å². The predicted octanol–water partition coefficient (Wildman–Crippen LogP) is 3.33. The van der Waals surface area contributed by atoms with Gasteiger partial charge in [-0.1, -0.05) is 12.1 Å². The fraction of sp³-hybridized carbons (Fsp3) is 0.400. The van der Waals surface area contributed by atoms with Gasteiger partial charge in [-0.3, -0.25) is 0 Å². The third-order valence-electron chi connectivity index (χ3n) is 5.21. The smallest absolute Gasteiger partial charge is 0.243 e. The van der Waals surface area contributed by atoms with E-state index in [0.29, 0.717) is 31.1 Å². The monoisotopic (exact) mass is 403 g/mol. The zero-order valence-corrected chi connectivity index (χ0v) is 17.4. The number of nitrogens with one attached hydrogen (secondary N) is 1. The number of benzene rings is 2. The molecule has 7 heteroatoms. The normalized spacial score (nSPS) is 18.1. The zero-order chi connectivity index (χ0) is 19.0. The Morgan fingerprint density at radius 3 is 2.56 bits per heavy atom. The molecule has 0 aromatic heterocycles. The van der Waals surface area contributed by atoms with Crippen LogP contribution in [0.1, 0.15) is 11.1 Å². The first-order chi connectivity index (χ1) is 12.9.